The van der Waals surface area contributed by atoms with E-state index in [1.165, 1.54) is 6.07 Å². The van der Waals surface area contributed by atoms with Crippen molar-refractivity contribution in [1.82, 2.24) is 4.90 Å². The summed E-state index contributed by atoms with van der Waals surface area (Å²) in [5, 5.41) is 3.97. The maximum absolute atomic E-state index is 11.4. The third-order valence-corrected chi connectivity index (χ3v) is 3.63. The highest BCUT2D eigenvalue weighted by Crippen LogP contribution is 2.32. The van der Waals surface area contributed by atoms with Crippen LogP contribution in [-0.4, -0.2) is 23.4 Å². The van der Waals surface area contributed by atoms with Crippen molar-refractivity contribution in [2.24, 2.45) is 0 Å². The monoisotopic (exact) mass is 306 g/mol. The lowest BCUT2D eigenvalue weighted by molar-refractivity contribution is -0.137. The van der Waals surface area contributed by atoms with Crippen molar-refractivity contribution in [3.8, 4) is 0 Å². The number of likely N-dealkylation sites (tertiary alicyclic amines) is 1. The fourth-order valence-electron chi connectivity index (χ4n) is 1.62. The van der Waals surface area contributed by atoms with Crippen LogP contribution in [0, 0.1) is 0 Å². The van der Waals surface area contributed by atoms with Gasteiger partial charge >= 0.3 is 0 Å². The van der Waals surface area contributed by atoms with E-state index in [1.54, 1.807) is 6.07 Å². The Labute approximate surface area is 119 Å². The van der Waals surface area contributed by atoms with Crippen LogP contribution in [0.1, 0.15) is 12.8 Å². The molecular weight excluding hydrogens is 298 g/mol. The topological polar surface area (TPSA) is 49.4 Å². The fraction of sp³-hybridized carbons (Fsp3) is 0.273. The van der Waals surface area contributed by atoms with Gasteiger partial charge in [-0.15, -0.1) is 0 Å². The molecule has 0 radical (unpaired) electrons. The molecule has 7 heteroatoms. The van der Waals surface area contributed by atoms with Crippen LogP contribution in [0.5, 0.6) is 0 Å². The Morgan fingerprint density at radius 3 is 2.17 bits per heavy atom. The largest absolute Gasteiger partial charge is 0.366 e. The van der Waals surface area contributed by atoms with Gasteiger partial charge in [0.2, 0.25) is 11.8 Å². The Hall–Kier alpha value is -0.970. The lowest BCUT2D eigenvalue weighted by Gasteiger charge is -2.16. The summed E-state index contributed by atoms with van der Waals surface area (Å²) in [5.74, 6) is -0.382. The first-order valence-corrected chi connectivity index (χ1v) is 6.34. The predicted octanol–water partition coefficient (Wildman–Crippen LogP) is 3.17. The van der Waals surface area contributed by atoms with E-state index in [4.69, 9.17) is 34.8 Å². The molecule has 2 amide bonds. The summed E-state index contributed by atoms with van der Waals surface area (Å²) < 4.78 is 0. The van der Waals surface area contributed by atoms with Crippen molar-refractivity contribution in [2.75, 3.05) is 12.0 Å². The standard InChI is InChI=1S/C11H9Cl3N2O2/c12-6-3-8(14)9(4-7(6)13)15-5-16-10(17)1-2-11(16)18/h3-4,15H,1-2,5H2. The van der Waals surface area contributed by atoms with E-state index < -0.39 is 0 Å². The van der Waals surface area contributed by atoms with Crippen LogP contribution in [-0.2, 0) is 9.59 Å². The Balaban J connectivity index is 2.09. The van der Waals surface area contributed by atoms with E-state index in [1.807, 2.05) is 0 Å². The van der Waals surface area contributed by atoms with Gasteiger partial charge in [0.05, 0.1) is 27.4 Å². The van der Waals surface area contributed by atoms with Gasteiger partial charge in [-0.2, -0.15) is 0 Å². The SMILES string of the molecule is O=C1CCC(=O)N1CNc1cc(Cl)c(Cl)cc1Cl. The number of rotatable bonds is 3. The Bertz CT molecular complexity index is 503. The molecule has 0 aromatic heterocycles. The molecule has 0 saturated carbocycles. The van der Waals surface area contributed by atoms with Gasteiger partial charge in [-0.05, 0) is 12.1 Å². The zero-order valence-corrected chi connectivity index (χ0v) is 11.4. The summed E-state index contributed by atoms with van der Waals surface area (Å²) in [7, 11) is 0. The number of hydrogen-bond donors (Lipinski definition) is 1. The minimum absolute atomic E-state index is 0.0787. The normalized spacial score (nSPS) is 15.4. The lowest BCUT2D eigenvalue weighted by atomic mass is 10.3. The molecule has 1 aromatic rings. The fourth-order valence-corrected chi connectivity index (χ4v) is 2.24. The average Bonchev–Trinajstić information content (AvgIpc) is 2.62. The molecule has 18 heavy (non-hydrogen) atoms. The minimum atomic E-state index is -0.191. The molecule has 0 atom stereocenters. The van der Waals surface area contributed by atoms with Crippen molar-refractivity contribution >= 4 is 52.3 Å². The first-order chi connectivity index (χ1) is 8.49. The number of hydrogen-bond acceptors (Lipinski definition) is 3. The lowest BCUT2D eigenvalue weighted by Crippen LogP contribution is -2.33. The van der Waals surface area contributed by atoms with Gasteiger partial charge in [-0.25, -0.2) is 0 Å². The number of amides is 2. The maximum atomic E-state index is 11.4. The van der Waals surface area contributed by atoms with Crippen molar-refractivity contribution in [3.05, 3.63) is 27.2 Å². The average molecular weight is 308 g/mol. The number of nitrogens with zero attached hydrogens (tertiary/aromatic N) is 1. The molecule has 1 N–H and O–H groups in total. The third-order valence-electron chi connectivity index (χ3n) is 2.59. The molecule has 2 rings (SSSR count). The van der Waals surface area contributed by atoms with E-state index in [-0.39, 0.29) is 31.3 Å². The quantitative estimate of drug-likeness (QED) is 0.689. The van der Waals surface area contributed by atoms with Gasteiger partial charge in [-0.3, -0.25) is 14.5 Å². The molecule has 4 nitrogen and oxygen atoms in total. The summed E-state index contributed by atoms with van der Waals surface area (Å²) in [4.78, 5) is 23.9. The third kappa shape index (κ3) is 2.71. The molecule has 1 aliphatic rings. The summed E-state index contributed by atoms with van der Waals surface area (Å²) in [6, 6.07) is 3.05. The molecule has 0 unspecified atom stereocenters. The molecule has 1 aromatic carbocycles. The Morgan fingerprint density at radius 2 is 1.56 bits per heavy atom. The van der Waals surface area contributed by atoms with E-state index in [0.717, 1.165) is 4.90 Å². The minimum Gasteiger partial charge on any atom is -0.366 e. The second-order valence-corrected chi connectivity index (χ2v) is 5.02. The Kier molecular flexibility index (Phi) is 4.00. The zero-order chi connectivity index (χ0) is 13.3. The summed E-state index contributed by atoms with van der Waals surface area (Å²) in [6.45, 7) is 0.0787. The number of anilines is 1. The highest BCUT2D eigenvalue weighted by atomic mass is 35.5. The van der Waals surface area contributed by atoms with Crippen LogP contribution in [0.4, 0.5) is 5.69 Å². The highest BCUT2D eigenvalue weighted by Gasteiger charge is 2.28. The molecule has 0 aliphatic carbocycles. The zero-order valence-electron chi connectivity index (χ0n) is 9.17. The van der Waals surface area contributed by atoms with Gasteiger partial charge in [0.25, 0.3) is 0 Å². The smallest absolute Gasteiger partial charge is 0.231 e. The van der Waals surface area contributed by atoms with Crippen LogP contribution in [0.15, 0.2) is 12.1 Å². The van der Waals surface area contributed by atoms with Crippen LogP contribution < -0.4 is 5.32 Å². The number of imide groups is 1. The number of halogens is 3. The molecule has 1 aliphatic heterocycles. The summed E-state index contributed by atoms with van der Waals surface area (Å²) in [5.41, 5.74) is 0.526. The van der Waals surface area contributed by atoms with Crippen LogP contribution in [0.3, 0.4) is 0 Å². The molecule has 1 saturated heterocycles. The maximum Gasteiger partial charge on any atom is 0.231 e. The van der Waals surface area contributed by atoms with Gasteiger partial charge < -0.3 is 5.32 Å². The Morgan fingerprint density at radius 1 is 1.00 bits per heavy atom. The van der Waals surface area contributed by atoms with Crippen molar-refractivity contribution in [3.63, 3.8) is 0 Å². The summed E-state index contributed by atoms with van der Waals surface area (Å²) in [6.07, 6.45) is 0.519. The van der Waals surface area contributed by atoms with Gasteiger partial charge in [0.15, 0.2) is 0 Å². The molecule has 0 spiro atoms. The van der Waals surface area contributed by atoms with Crippen molar-refractivity contribution < 1.29 is 9.59 Å². The van der Waals surface area contributed by atoms with Crippen LogP contribution in [0.25, 0.3) is 0 Å². The first kappa shape index (κ1) is 13.5. The molecule has 0 bridgehead atoms. The van der Waals surface area contributed by atoms with Crippen LogP contribution >= 0.6 is 34.8 Å². The second-order valence-electron chi connectivity index (χ2n) is 3.80. The van der Waals surface area contributed by atoms with Crippen LogP contribution in [0.2, 0.25) is 15.1 Å². The van der Waals surface area contributed by atoms with Crippen molar-refractivity contribution in [2.45, 2.75) is 12.8 Å². The van der Waals surface area contributed by atoms with Gasteiger partial charge in [0.1, 0.15) is 0 Å². The number of carbonyl (C=O) groups excluding carboxylic acids is 2. The predicted molar refractivity (Wildman–Crippen MR) is 71.0 cm³/mol. The molecule has 96 valence electrons. The highest BCUT2D eigenvalue weighted by molar-refractivity contribution is 6.44. The molecular formula is C11H9Cl3N2O2. The number of carbonyl (C=O) groups is 2. The second kappa shape index (κ2) is 5.34. The van der Waals surface area contributed by atoms with E-state index in [0.29, 0.717) is 20.8 Å². The van der Waals surface area contributed by atoms with E-state index in [2.05, 4.69) is 5.32 Å². The van der Waals surface area contributed by atoms with E-state index in [9.17, 15) is 9.59 Å². The number of nitrogens with one attached hydrogen (secondary N) is 1. The summed E-state index contributed by atoms with van der Waals surface area (Å²) >= 11 is 17.6. The molecule has 1 fully saturated rings. The number of benzene rings is 1. The molecule has 1 heterocycles. The van der Waals surface area contributed by atoms with Gasteiger partial charge in [0, 0.05) is 12.8 Å². The first-order valence-electron chi connectivity index (χ1n) is 5.20. The van der Waals surface area contributed by atoms with E-state index >= 15 is 0 Å². The van der Waals surface area contributed by atoms with Crippen molar-refractivity contribution in [1.29, 1.82) is 0 Å². The van der Waals surface area contributed by atoms with Gasteiger partial charge in [-0.1, -0.05) is 34.8 Å².